The van der Waals surface area contributed by atoms with Gasteiger partial charge >= 0.3 is 0 Å². The molecule has 3 rings (SSSR count). The lowest BCUT2D eigenvalue weighted by molar-refractivity contribution is -0.129. The summed E-state index contributed by atoms with van der Waals surface area (Å²) in [6.45, 7) is 7.41. The average molecular weight is 192 g/mol. The molecule has 0 heteroatoms. The van der Waals surface area contributed by atoms with E-state index in [1.54, 1.807) is 25.7 Å². The molecule has 80 valence electrons. The van der Waals surface area contributed by atoms with Crippen LogP contribution < -0.4 is 0 Å². The standard InChI is InChI=1S/C14H24/c1-13(2,3)12-10-6-4-8-14(10)9-5-7-11(12)14/h10-12H,4-9H2,1-3H3. The minimum Gasteiger partial charge on any atom is -0.0599 e. The summed E-state index contributed by atoms with van der Waals surface area (Å²) in [6, 6.07) is 0. The molecule has 0 bridgehead atoms. The van der Waals surface area contributed by atoms with Crippen LogP contribution in [0.25, 0.3) is 0 Å². The Kier molecular flexibility index (Phi) is 1.70. The van der Waals surface area contributed by atoms with Crippen molar-refractivity contribution in [3.63, 3.8) is 0 Å². The van der Waals surface area contributed by atoms with Gasteiger partial charge in [-0.3, -0.25) is 0 Å². The van der Waals surface area contributed by atoms with Crippen molar-refractivity contribution in [3.05, 3.63) is 0 Å². The van der Waals surface area contributed by atoms with Crippen LogP contribution in [0.1, 0.15) is 59.3 Å². The summed E-state index contributed by atoms with van der Waals surface area (Å²) < 4.78 is 0. The zero-order valence-corrected chi connectivity index (χ0v) is 9.97. The van der Waals surface area contributed by atoms with Crippen LogP contribution in [0.4, 0.5) is 0 Å². The Morgan fingerprint density at radius 1 is 0.929 bits per heavy atom. The molecule has 0 N–H and O–H groups in total. The molecule has 0 aromatic heterocycles. The van der Waals surface area contributed by atoms with Gasteiger partial charge in [0.15, 0.2) is 0 Å². The molecule has 0 aromatic carbocycles. The molecule has 0 aromatic rings. The second-order valence-corrected chi connectivity index (χ2v) is 7.12. The lowest BCUT2D eigenvalue weighted by Crippen LogP contribution is -2.55. The van der Waals surface area contributed by atoms with Gasteiger partial charge in [-0.15, -0.1) is 0 Å². The summed E-state index contributed by atoms with van der Waals surface area (Å²) in [5.74, 6) is 3.30. The van der Waals surface area contributed by atoms with E-state index >= 15 is 0 Å². The molecule has 1 spiro atoms. The molecule has 3 aliphatic carbocycles. The van der Waals surface area contributed by atoms with Gasteiger partial charge < -0.3 is 0 Å². The van der Waals surface area contributed by atoms with E-state index in [2.05, 4.69) is 20.8 Å². The van der Waals surface area contributed by atoms with Crippen LogP contribution in [0.15, 0.2) is 0 Å². The molecule has 2 atom stereocenters. The van der Waals surface area contributed by atoms with E-state index in [0.29, 0.717) is 5.41 Å². The van der Waals surface area contributed by atoms with Crippen molar-refractivity contribution < 1.29 is 0 Å². The zero-order valence-electron chi connectivity index (χ0n) is 9.97. The Morgan fingerprint density at radius 2 is 1.43 bits per heavy atom. The van der Waals surface area contributed by atoms with Crippen molar-refractivity contribution in [2.75, 3.05) is 0 Å². The maximum Gasteiger partial charge on any atom is -0.0235 e. The normalized spacial score (nSPS) is 51.2. The highest BCUT2D eigenvalue weighted by atomic mass is 14.7. The summed E-state index contributed by atoms with van der Waals surface area (Å²) in [6.07, 6.45) is 9.34. The van der Waals surface area contributed by atoms with Gasteiger partial charge in [-0.05, 0) is 54.3 Å². The van der Waals surface area contributed by atoms with Crippen molar-refractivity contribution in [2.24, 2.45) is 28.6 Å². The highest BCUT2D eigenvalue weighted by Gasteiger charge is 2.66. The minimum absolute atomic E-state index is 0.577. The van der Waals surface area contributed by atoms with E-state index in [0.717, 1.165) is 23.2 Å². The molecule has 0 saturated heterocycles. The molecular weight excluding hydrogens is 168 g/mol. The molecule has 0 amide bonds. The second-order valence-electron chi connectivity index (χ2n) is 7.12. The average Bonchev–Trinajstić information content (AvgIpc) is 2.56. The Bertz CT molecular complexity index is 225. The summed E-state index contributed by atoms with van der Waals surface area (Å²) in [5.41, 5.74) is 1.45. The first-order valence-electron chi connectivity index (χ1n) is 6.56. The fraction of sp³-hybridized carbons (Fsp3) is 1.00. The molecule has 0 nitrogen and oxygen atoms in total. The Morgan fingerprint density at radius 3 is 1.86 bits per heavy atom. The Labute approximate surface area is 88.5 Å². The van der Waals surface area contributed by atoms with Gasteiger partial charge in [-0.1, -0.05) is 33.6 Å². The van der Waals surface area contributed by atoms with Gasteiger partial charge in [0, 0.05) is 0 Å². The highest BCUT2D eigenvalue weighted by Crippen LogP contribution is 2.74. The predicted molar refractivity (Wildman–Crippen MR) is 60.1 cm³/mol. The van der Waals surface area contributed by atoms with Crippen LogP contribution in [-0.2, 0) is 0 Å². The first-order chi connectivity index (χ1) is 6.56. The molecule has 3 aliphatic rings. The highest BCUT2D eigenvalue weighted by molar-refractivity contribution is 5.15. The van der Waals surface area contributed by atoms with Crippen LogP contribution >= 0.6 is 0 Å². The quantitative estimate of drug-likeness (QED) is 0.538. The summed E-state index contributed by atoms with van der Waals surface area (Å²) in [5, 5.41) is 0. The van der Waals surface area contributed by atoms with Crippen LogP contribution in [-0.4, -0.2) is 0 Å². The number of rotatable bonds is 0. The molecule has 3 saturated carbocycles. The van der Waals surface area contributed by atoms with Gasteiger partial charge in [0.05, 0.1) is 0 Å². The summed E-state index contributed by atoms with van der Waals surface area (Å²) in [4.78, 5) is 0. The van der Waals surface area contributed by atoms with E-state index in [1.165, 1.54) is 12.8 Å². The fourth-order valence-corrected chi connectivity index (χ4v) is 5.46. The molecule has 14 heavy (non-hydrogen) atoms. The molecule has 0 radical (unpaired) electrons. The van der Waals surface area contributed by atoms with Crippen molar-refractivity contribution in [1.82, 2.24) is 0 Å². The van der Waals surface area contributed by atoms with E-state index < -0.39 is 0 Å². The maximum absolute atomic E-state index is 2.47. The smallest absolute Gasteiger partial charge is 0.0235 e. The molecule has 2 unspecified atom stereocenters. The zero-order chi connectivity index (χ0) is 9.97. The topological polar surface area (TPSA) is 0 Å². The summed E-state index contributed by atoms with van der Waals surface area (Å²) >= 11 is 0. The van der Waals surface area contributed by atoms with E-state index in [1.807, 2.05) is 0 Å². The van der Waals surface area contributed by atoms with Gasteiger partial charge in [0.25, 0.3) is 0 Å². The van der Waals surface area contributed by atoms with Crippen LogP contribution in [0.5, 0.6) is 0 Å². The second kappa shape index (κ2) is 2.57. The third kappa shape index (κ3) is 0.907. The maximum atomic E-state index is 2.47. The number of hydrogen-bond donors (Lipinski definition) is 0. The van der Waals surface area contributed by atoms with Gasteiger partial charge in [-0.25, -0.2) is 0 Å². The Balaban J connectivity index is 1.91. The van der Waals surface area contributed by atoms with Gasteiger partial charge in [0.2, 0.25) is 0 Å². The van der Waals surface area contributed by atoms with Crippen LogP contribution in [0.3, 0.4) is 0 Å². The van der Waals surface area contributed by atoms with Crippen LogP contribution in [0.2, 0.25) is 0 Å². The first kappa shape index (κ1) is 9.24. The SMILES string of the molecule is CC(C)(C)C1C2CCCC23CCCC13. The third-order valence-corrected chi connectivity index (χ3v) is 5.66. The predicted octanol–water partition coefficient (Wildman–Crippen LogP) is 4.25. The third-order valence-electron chi connectivity index (χ3n) is 5.66. The monoisotopic (exact) mass is 192 g/mol. The molecule has 0 heterocycles. The van der Waals surface area contributed by atoms with E-state index in [-0.39, 0.29) is 0 Å². The molecule has 0 aliphatic heterocycles. The van der Waals surface area contributed by atoms with Gasteiger partial charge in [-0.2, -0.15) is 0 Å². The van der Waals surface area contributed by atoms with Crippen molar-refractivity contribution in [3.8, 4) is 0 Å². The van der Waals surface area contributed by atoms with Crippen molar-refractivity contribution >= 4 is 0 Å². The Hall–Kier alpha value is 0. The summed E-state index contributed by atoms with van der Waals surface area (Å²) in [7, 11) is 0. The van der Waals surface area contributed by atoms with Crippen LogP contribution in [0, 0.1) is 28.6 Å². The van der Waals surface area contributed by atoms with E-state index in [9.17, 15) is 0 Å². The largest absolute Gasteiger partial charge is 0.0599 e. The molecule has 3 fully saturated rings. The van der Waals surface area contributed by atoms with Crippen molar-refractivity contribution in [1.29, 1.82) is 0 Å². The molecular formula is C14H24. The van der Waals surface area contributed by atoms with Gasteiger partial charge in [0.1, 0.15) is 0 Å². The lowest BCUT2D eigenvalue weighted by Gasteiger charge is -2.61. The van der Waals surface area contributed by atoms with Crippen molar-refractivity contribution in [2.45, 2.75) is 59.3 Å². The van der Waals surface area contributed by atoms with E-state index in [4.69, 9.17) is 0 Å². The minimum atomic E-state index is 0.577. The number of hydrogen-bond acceptors (Lipinski definition) is 0. The lowest BCUT2D eigenvalue weighted by atomic mass is 9.44. The fourth-order valence-electron chi connectivity index (χ4n) is 5.46. The first-order valence-corrected chi connectivity index (χ1v) is 6.56.